The molecule has 35 heavy (non-hydrogen) atoms. The number of aryl methyl sites for hydroxylation is 1. The van der Waals surface area contributed by atoms with Crippen LogP contribution in [0.25, 0.3) is 5.57 Å². The largest absolute Gasteiger partial charge is 0.347 e. The highest BCUT2D eigenvalue weighted by Crippen LogP contribution is 2.24. The topological polar surface area (TPSA) is 106 Å². The molecule has 1 atom stereocenters. The minimum absolute atomic E-state index is 0.0827. The molecule has 0 spiro atoms. The number of rotatable bonds is 13. The van der Waals surface area contributed by atoms with Gasteiger partial charge in [-0.1, -0.05) is 44.2 Å². The van der Waals surface area contributed by atoms with Crippen molar-refractivity contribution >= 4 is 15.6 Å². The molecule has 0 bridgehead atoms. The van der Waals surface area contributed by atoms with E-state index in [-0.39, 0.29) is 5.75 Å². The molecule has 0 saturated carbocycles. The second kappa shape index (κ2) is 11.7. The minimum atomic E-state index is -3.49. The average Bonchev–Trinajstić information content (AvgIpc) is 3.54. The van der Waals surface area contributed by atoms with Gasteiger partial charge in [-0.15, -0.1) is 0 Å². The van der Waals surface area contributed by atoms with Gasteiger partial charge in [-0.05, 0) is 56.6 Å². The molecule has 0 amide bonds. The summed E-state index contributed by atoms with van der Waals surface area (Å²) in [5, 5.41) is 10.6. The molecule has 2 aliphatic rings. The molecule has 3 N–H and O–H groups in total. The molecule has 10 heteroatoms. The Hall–Kier alpha value is -2.95. The fourth-order valence-corrected chi connectivity index (χ4v) is 5.58. The van der Waals surface area contributed by atoms with Crippen molar-refractivity contribution in [1.82, 2.24) is 35.0 Å². The normalized spacial score (nSPS) is 16.1. The molecule has 2 aliphatic heterocycles. The molecule has 4 rings (SSSR count). The summed E-state index contributed by atoms with van der Waals surface area (Å²) in [6.07, 6.45) is 9.74. The fourth-order valence-electron chi connectivity index (χ4n) is 4.29. The van der Waals surface area contributed by atoms with Crippen LogP contribution in [0.4, 0.5) is 0 Å². The predicted molar refractivity (Wildman–Crippen MR) is 138 cm³/mol. The average molecular weight is 498 g/mol. The third kappa shape index (κ3) is 6.81. The zero-order valence-corrected chi connectivity index (χ0v) is 21.3. The second-order valence-electron chi connectivity index (χ2n) is 8.77. The van der Waals surface area contributed by atoms with E-state index >= 15 is 0 Å². The van der Waals surface area contributed by atoms with E-state index in [0.29, 0.717) is 31.0 Å². The number of fused-ring (bicyclic) bond motifs is 1. The van der Waals surface area contributed by atoms with E-state index in [0.717, 1.165) is 43.0 Å². The minimum Gasteiger partial charge on any atom is -0.347 e. The lowest BCUT2D eigenvalue weighted by molar-refractivity contribution is 0.304. The number of H-pyrrole nitrogens is 1. The highest BCUT2D eigenvalue weighted by molar-refractivity contribution is 7.89. The molecular weight excluding hydrogens is 462 g/mol. The van der Waals surface area contributed by atoms with Crippen LogP contribution in [0.5, 0.6) is 0 Å². The summed E-state index contributed by atoms with van der Waals surface area (Å²) >= 11 is 0. The summed E-state index contributed by atoms with van der Waals surface area (Å²) in [4.78, 5) is 9.02. The van der Waals surface area contributed by atoms with Gasteiger partial charge in [0, 0.05) is 18.0 Å². The summed E-state index contributed by atoms with van der Waals surface area (Å²) in [6, 6.07) is 9.58. The van der Waals surface area contributed by atoms with Crippen molar-refractivity contribution in [3.05, 3.63) is 77.9 Å². The maximum absolute atomic E-state index is 13.0. The predicted octanol–water partition coefficient (Wildman–Crippen LogP) is 2.74. The van der Waals surface area contributed by atoms with E-state index in [4.69, 9.17) is 4.98 Å². The van der Waals surface area contributed by atoms with Gasteiger partial charge in [-0.2, -0.15) is 5.10 Å². The van der Waals surface area contributed by atoms with Gasteiger partial charge < -0.3 is 15.1 Å². The van der Waals surface area contributed by atoms with Crippen molar-refractivity contribution in [2.24, 2.45) is 0 Å². The van der Waals surface area contributed by atoms with Crippen LogP contribution in [0.1, 0.15) is 49.9 Å². The molecule has 3 heterocycles. The van der Waals surface area contributed by atoms with Crippen LogP contribution in [0.3, 0.4) is 0 Å². The Kier molecular flexibility index (Phi) is 8.37. The fraction of sp³-hybridized carbons (Fsp3) is 0.440. The number of hydrogen-bond acceptors (Lipinski definition) is 7. The van der Waals surface area contributed by atoms with Gasteiger partial charge in [0.15, 0.2) is 5.82 Å². The van der Waals surface area contributed by atoms with E-state index in [1.807, 2.05) is 42.8 Å². The SMILES string of the molecule is CCN(CC)CCCS(=O)(=O)N[C@H](CCc1ccccc1)c1nc(C2=CC=C3NC=CN3C2)n[nH]1. The molecule has 0 radical (unpaired) electrons. The van der Waals surface area contributed by atoms with Crippen molar-refractivity contribution in [2.45, 2.75) is 39.2 Å². The van der Waals surface area contributed by atoms with E-state index in [1.165, 1.54) is 0 Å². The smallest absolute Gasteiger partial charge is 0.212 e. The lowest BCUT2D eigenvalue weighted by Gasteiger charge is -2.21. The van der Waals surface area contributed by atoms with E-state index in [9.17, 15) is 8.42 Å². The van der Waals surface area contributed by atoms with Crippen LogP contribution >= 0.6 is 0 Å². The Bertz CT molecular complexity index is 1170. The quantitative estimate of drug-likeness (QED) is 0.391. The zero-order chi connectivity index (χ0) is 24.7. The summed E-state index contributed by atoms with van der Waals surface area (Å²) in [7, 11) is -3.49. The molecule has 0 aliphatic carbocycles. The van der Waals surface area contributed by atoms with Crippen molar-refractivity contribution in [2.75, 3.05) is 31.9 Å². The summed E-state index contributed by atoms with van der Waals surface area (Å²) in [5.41, 5.74) is 2.12. The third-order valence-corrected chi connectivity index (χ3v) is 7.84. The van der Waals surface area contributed by atoms with Crippen LogP contribution in [0.2, 0.25) is 0 Å². The molecule has 1 aromatic heterocycles. The summed E-state index contributed by atoms with van der Waals surface area (Å²) in [5.74, 6) is 2.22. The van der Waals surface area contributed by atoms with Crippen molar-refractivity contribution in [3.8, 4) is 0 Å². The first-order chi connectivity index (χ1) is 17.0. The van der Waals surface area contributed by atoms with Crippen LogP contribution in [-0.2, 0) is 16.4 Å². The number of sulfonamides is 1. The molecule has 1 aromatic carbocycles. The van der Waals surface area contributed by atoms with E-state index < -0.39 is 16.1 Å². The number of nitrogens with zero attached hydrogens (tertiary/aromatic N) is 4. The highest BCUT2D eigenvalue weighted by atomic mass is 32.2. The second-order valence-corrected chi connectivity index (χ2v) is 10.6. The van der Waals surface area contributed by atoms with Crippen LogP contribution < -0.4 is 10.0 Å². The lowest BCUT2D eigenvalue weighted by Crippen LogP contribution is -2.33. The number of nitrogens with one attached hydrogen (secondary N) is 3. The molecule has 0 saturated heterocycles. The van der Waals surface area contributed by atoms with Gasteiger partial charge >= 0.3 is 0 Å². The van der Waals surface area contributed by atoms with Crippen LogP contribution in [0.15, 0.2) is 60.7 Å². The molecule has 0 fully saturated rings. The summed E-state index contributed by atoms with van der Waals surface area (Å²) in [6.45, 7) is 7.43. The number of aromatic amines is 1. The zero-order valence-electron chi connectivity index (χ0n) is 20.4. The lowest BCUT2D eigenvalue weighted by atomic mass is 10.1. The van der Waals surface area contributed by atoms with Crippen LogP contribution in [0, 0.1) is 0 Å². The van der Waals surface area contributed by atoms with Crippen molar-refractivity contribution < 1.29 is 8.42 Å². The first-order valence-electron chi connectivity index (χ1n) is 12.3. The van der Waals surface area contributed by atoms with Gasteiger partial charge in [-0.3, -0.25) is 5.10 Å². The van der Waals surface area contributed by atoms with E-state index in [1.54, 1.807) is 0 Å². The van der Waals surface area contributed by atoms with Crippen molar-refractivity contribution in [1.29, 1.82) is 0 Å². The van der Waals surface area contributed by atoms with Gasteiger partial charge in [0.2, 0.25) is 10.0 Å². The number of aromatic nitrogens is 3. The molecule has 0 unspecified atom stereocenters. The molecular formula is C25H35N7O2S. The maximum atomic E-state index is 13.0. The number of allylic oxidation sites excluding steroid dienone is 2. The Morgan fingerprint density at radius 1 is 1.17 bits per heavy atom. The Morgan fingerprint density at radius 2 is 1.97 bits per heavy atom. The Morgan fingerprint density at radius 3 is 2.74 bits per heavy atom. The first-order valence-corrected chi connectivity index (χ1v) is 13.9. The number of hydrogen-bond donors (Lipinski definition) is 3. The molecule has 9 nitrogen and oxygen atoms in total. The van der Waals surface area contributed by atoms with Gasteiger partial charge in [0.05, 0.1) is 18.3 Å². The molecule has 188 valence electrons. The van der Waals surface area contributed by atoms with Gasteiger partial charge in [-0.25, -0.2) is 18.1 Å². The van der Waals surface area contributed by atoms with Crippen molar-refractivity contribution in [3.63, 3.8) is 0 Å². The van der Waals surface area contributed by atoms with Crippen LogP contribution in [-0.4, -0.2) is 65.3 Å². The van der Waals surface area contributed by atoms with E-state index in [2.05, 4.69) is 56.0 Å². The Labute approximate surface area is 208 Å². The monoisotopic (exact) mass is 497 g/mol. The maximum Gasteiger partial charge on any atom is 0.212 e. The third-order valence-electron chi connectivity index (χ3n) is 6.37. The number of benzene rings is 1. The van der Waals surface area contributed by atoms with Gasteiger partial charge in [0.1, 0.15) is 11.6 Å². The molecule has 2 aromatic rings. The summed E-state index contributed by atoms with van der Waals surface area (Å²) < 4.78 is 28.9. The first kappa shape index (κ1) is 25.2. The van der Waals surface area contributed by atoms with Gasteiger partial charge in [0.25, 0.3) is 0 Å². The highest BCUT2D eigenvalue weighted by Gasteiger charge is 2.25. The Balaban J connectivity index is 1.47. The standard InChI is InChI=1S/C25H35N7O2S/c1-3-31(4-2)16-8-18-35(33,34)30-22(13-11-20-9-6-5-7-10-20)25-27-24(28-29-25)21-12-14-23-26-15-17-32(23)19-21/h5-7,9-10,12,14-15,17,22,26,30H,3-4,8,11,13,16,18-19H2,1-2H3,(H,27,28,29)/t22-/m1/s1.